The predicted octanol–water partition coefficient (Wildman–Crippen LogP) is 1.26. The zero-order chi connectivity index (χ0) is 14.6. The molecule has 1 rings (SSSR count). The summed E-state index contributed by atoms with van der Waals surface area (Å²) in [5.41, 5.74) is 6.35. The molecule has 6 nitrogen and oxygen atoms in total. The smallest absolute Gasteiger partial charge is 0.411 e. The normalized spacial score (nSPS) is 11.6. The van der Waals surface area contributed by atoms with Crippen LogP contribution in [0, 0.1) is 0 Å². The van der Waals surface area contributed by atoms with Crippen LogP contribution in [0.25, 0.3) is 0 Å². The SMILES string of the molecule is CCc1nn(C)c(C(=O)OCOCC(F)(F)F)c1N. The molecule has 9 heteroatoms. The summed E-state index contributed by atoms with van der Waals surface area (Å²) in [6.07, 6.45) is -3.94. The number of nitrogens with zero attached hydrogens (tertiary/aromatic N) is 2. The minimum absolute atomic E-state index is 0.00698. The second-order valence-corrected chi connectivity index (χ2v) is 3.70. The molecule has 0 saturated carbocycles. The Hall–Kier alpha value is -1.77. The summed E-state index contributed by atoms with van der Waals surface area (Å²) in [6, 6.07) is 0. The number of anilines is 1. The minimum Gasteiger partial charge on any atom is -0.434 e. The number of hydrogen-bond donors (Lipinski definition) is 1. The van der Waals surface area contributed by atoms with Gasteiger partial charge in [-0.25, -0.2) is 4.79 Å². The third kappa shape index (κ3) is 4.12. The van der Waals surface area contributed by atoms with Crippen molar-refractivity contribution in [1.82, 2.24) is 9.78 Å². The van der Waals surface area contributed by atoms with Gasteiger partial charge in [-0.15, -0.1) is 0 Å². The van der Waals surface area contributed by atoms with Gasteiger partial charge in [0.05, 0.1) is 11.4 Å². The molecule has 0 radical (unpaired) electrons. The molecule has 0 aromatic carbocycles. The van der Waals surface area contributed by atoms with Gasteiger partial charge >= 0.3 is 12.1 Å². The monoisotopic (exact) mass is 281 g/mol. The van der Waals surface area contributed by atoms with E-state index in [1.54, 1.807) is 6.92 Å². The molecule has 1 aromatic heterocycles. The van der Waals surface area contributed by atoms with E-state index in [9.17, 15) is 18.0 Å². The van der Waals surface area contributed by atoms with E-state index in [1.165, 1.54) is 11.7 Å². The average molecular weight is 281 g/mol. The van der Waals surface area contributed by atoms with E-state index in [1.807, 2.05) is 0 Å². The highest BCUT2D eigenvalue weighted by molar-refractivity contribution is 5.93. The number of halogens is 3. The van der Waals surface area contributed by atoms with Gasteiger partial charge in [0.25, 0.3) is 0 Å². The Kier molecular flexibility index (Phi) is 4.76. The molecule has 0 fully saturated rings. The first-order chi connectivity index (χ1) is 8.76. The minimum atomic E-state index is -4.46. The summed E-state index contributed by atoms with van der Waals surface area (Å²) in [6.45, 7) is -0.480. The van der Waals surface area contributed by atoms with Crippen molar-refractivity contribution in [2.75, 3.05) is 19.1 Å². The fraction of sp³-hybridized carbons (Fsp3) is 0.600. The molecule has 0 spiro atoms. The van der Waals surface area contributed by atoms with Gasteiger partial charge in [0.1, 0.15) is 6.61 Å². The van der Waals surface area contributed by atoms with Crippen LogP contribution >= 0.6 is 0 Å². The lowest BCUT2D eigenvalue weighted by Crippen LogP contribution is -2.20. The van der Waals surface area contributed by atoms with Crippen molar-refractivity contribution in [2.24, 2.45) is 7.05 Å². The molecule has 0 saturated heterocycles. The summed E-state index contributed by atoms with van der Waals surface area (Å²) in [4.78, 5) is 11.6. The number of hydrogen-bond acceptors (Lipinski definition) is 5. The maximum atomic E-state index is 11.8. The van der Waals surface area contributed by atoms with Gasteiger partial charge in [-0.2, -0.15) is 18.3 Å². The number of rotatable bonds is 5. The number of ether oxygens (including phenoxy) is 2. The highest BCUT2D eigenvalue weighted by Crippen LogP contribution is 2.18. The van der Waals surface area contributed by atoms with E-state index in [4.69, 9.17) is 5.73 Å². The van der Waals surface area contributed by atoms with Crippen molar-refractivity contribution in [3.05, 3.63) is 11.4 Å². The third-order valence-electron chi connectivity index (χ3n) is 2.23. The van der Waals surface area contributed by atoms with E-state index in [0.717, 1.165) is 0 Å². The highest BCUT2D eigenvalue weighted by Gasteiger charge is 2.28. The van der Waals surface area contributed by atoms with Crippen LogP contribution in [0.3, 0.4) is 0 Å². The van der Waals surface area contributed by atoms with Crippen LogP contribution in [0.2, 0.25) is 0 Å². The van der Waals surface area contributed by atoms with Crippen molar-refractivity contribution in [2.45, 2.75) is 19.5 Å². The molecule has 0 atom stereocenters. The van der Waals surface area contributed by atoms with Crippen LogP contribution in [0.5, 0.6) is 0 Å². The van der Waals surface area contributed by atoms with E-state index in [0.29, 0.717) is 12.1 Å². The number of nitrogen functional groups attached to an aromatic ring is 1. The fourth-order valence-corrected chi connectivity index (χ4v) is 1.42. The molecular formula is C10H14F3N3O3. The highest BCUT2D eigenvalue weighted by atomic mass is 19.4. The van der Waals surface area contributed by atoms with Crippen molar-refractivity contribution in [3.63, 3.8) is 0 Å². The van der Waals surface area contributed by atoms with Crippen LogP contribution in [0.1, 0.15) is 23.1 Å². The first kappa shape index (κ1) is 15.3. The summed E-state index contributed by atoms with van der Waals surface area (Å²) < 4.78 is 45.3. The first-order valence-corrected chi connectivity index (χ1v) is 5.39. The van der Waals surface area contributed by atoms with Crippen LogP contribution in [-0.2, 0) is 22.9 Å². The van der Waals surface area contributed by atoms with E-state index < -0.39 is 25.5 Å². The molecule has 0 unspecified atom stereocenters. The molecule has 0 amide bonds. The molecule has 0 aliphatic heterocycles. The maximum absolute atomic E-state index is 11.8. The zero-order valence-electron chi connectivity index (χ0n) is 10.5. The lowest BCUT2D eigenvalue weighted by atomic mass is 10.2. The molecule has 0 aliphatic rings. The number of nitrogens with two attached hydrogens (primary N) is 1. The molecule has 0 bridgehead atoms. The summed E-state index contributed by atoms with van der Waals surface area (Å²) in [5.74, 6) is -0.880. The topological polar surface area (TPSA) is 79.4 Å². The Bertz CT molecular complexity index is 457. The van der Waals surface area contributed by atoms with E-state index in [-0.39, 0.29) is 11.4 Å². The van der Waals surface area contributed by atoms with Crippen LogP contribution in [0.15, 0.2) is 0 Å². The predicted molar refractivity (Wildman–Crippen MR) is 59.3 cm³/mol. The molecule has 2 N–H and O–H groups in total. The van der Waals surface area contributed by atoms with Crippen molar-refractivity contribution in [1.29, 1.82) is 0 Å². The number of aryl methyl sites for hydroxylation is 2. The standard InChI is InChI=1S/C10H14F3N3O3/c1-3-6-7(14)8(16(2)15-6)9(17)19-5-18-4-10(11,12)13/h3-5,14H2,1-2H3. The van der Waals surface area contributed by atoms with Crippen LogP contribution in [-0.4, -0.2) is 35.3 Å². The second-order valence-electron chi connectivity index (χ2n) is 3.70. The van der Waals surface area contributed by atoms with Crippen molar-refractivity contribution >= 4 is 11.7 Å². The van der Waals surface area contributed by atoms with Crippen molar-refractivity contribution < 1.29 is 27.4 Å². The first-order valence-electron chi connectivity index (χ1n) is 5.39. The molecule has 108 valence electrons. The lowest BCUT2D eigenvalue weighted by molar-refractivity contribution is -0.190. The van der Waals surface area contributed by atoms with Gasteiger partial charge in [0.15, 0.2) is 12.5 Å². The molecule has 1 heterocycles. The van der Waals surface area contributed by atoms with E-state index in [2.05, 4.69) is 14.6 Å². The number of aromatic nitrogens is 2. The van der Waals surface area contributed by atoms with Gasteiger partial charge in [-0.05, 0) is 6.42 Å². The van der Waals surface area contributed by atoms with Crippen LogP contribution in [0.4, 0.5) is 18.9 Å². The molecule has 19 heavy (non-hydrogen) atoms. The molecule has 0 aliphatic carbocycles. The molecular weight excluding hydrogens is 267 g/mol. The Morgan fingerprint density at radius 2 is 2.11 bits per heavy atom. The van der Waals surface area contributed by atoms with E-state index >= 15 is 0 Å². The Morgan fingerprint density at radius 1 is 1.47 bits per heavy atom. The van der Waals surface area contributed by atoms with Gasteiger partial charge in [-0.1, -0.05) is 6.92 Å². The van der Waals surface area contributed by atoms with Gasteiger partial charge in [0, 0.05) is 7.05 Å². The number of alkyl halides is 3. The van der Waals surface area contributed by atoms with Gasteiger partial charge < -0.3 is 15.2 Å². The quantitative estimate of drug-likeness (QED) is 0.499. The number of carbonyl (C=O) groups excluding carboxylic acids is 1. The summed E-state index contributed by atoms with van der Waals surface area (Å²) >= 11 is 0. The maximum Gasteiger partial charge on any atom is 0.411 e. The largest absolute Gasteiger partial charge is 0.434 e. The zero-order valence-corrected chi connectivity index (χ0v) is 10.5. The number of esters is 1. The summed E-state index contributed by atoms with van der Waals surface area (Å²) in [5, 5.41) is 3.99. The number of carbonyl (C=O) groups is 1. The molecule has 1 aromatic rings. The Balaban J connectivity index is 2.57. The Morgan fingerprint density at radius 3 is 2.58 bits per heavy atom. The fourth-order valence-electron chi connectivity index (χ4n) is 1.42. The average Bonchev–Trinajstić information content (AvgIpc) is 2.58. The lowest BCUT2D eigenvalue weighted by Gasteiger charge is -2.08. The third-order valence-corrected chi connectivity index (χ3v) is 2.23. The summed E-state index contributed by atoms with van der Waals surface area (Å²) in [7, 11) is 1.49. The van der Waals surface area contributed by atoms with Gasteiger partial charge in [0.2, 0.25) is 0 Å². The Labute approximate surface area is 107 Å². The van der Waals surface area contributed by atoms with Gasteiger partial charge in [-0.3, -0.25) is 4.68 Å². The van der Waals surface area contributed by atoms with Crippen molar-refractivity contribution in [3.8, 4) is 0 Å². The van der Waals surface area contributed by atoms with Crippen LogP contribution < -0.4 is 5.73 Å². The second kappa shape index (κ2) is 5.91.